The van der Waals surface area contributed by atoms with Gasteiger partial charge in [0, 0.05) is 22.9 Å². The molecule has 1 unspecified atom stereocenters. The molecule has 27 heavy (non-hydrogen) atoms. The van der Waals surface area contributed by atoms with Crippen LogP contribution in [0.2, 0.25) is 5.02 Å². The van der Waals surface area contributed by atoms with E-state index in [9.17, 15) is 4.79 Å². The number of carbonyl (C=O) groups is 1. The SMILES string of the molecule is CCC1CC(=O)N(Cc2ccccc2Cl)N=C1c1ccc(OC)c(OC)c1. The van der Waals surface area contributed by atoms with Crippen molar-refractivity contribution in [2.45, 2.75) is 26.3 Å². The van der Waals surface area contributed by atoms with Crippen LogP contribution in [0.15, 0.2) is 47.6 Å². The minimum atomic E-state index is 0.00555. The van der Waals surface area contributed by atoms with Gasteiger partial charge in [-0.3, -0.25) is 4.79 Å². The summed E-state index contributed by atoms with van der Waals surface area (Å²) in [4.78, 5) is 12.6. The Balaban J connectivity index is 1.98. The molecule has 0 radical (unpaired) electrons. The molecular formula is C21H23ClN2O3. The predicted molar refractivity (Wildman–Crippen MR) is 106 cm³/mol. The van der Waals surface area contributed by atoms with Gasteiger partial charge in [-0.2, -0.15) is 5.10 Å². The largest absolute Gasteiger partial charge is 0.493 e. The van der Waals surface area contributed by atoms with Gasteiger partial charge in [0.05, 0.1) is 26.5 Å². The molecule has 142 valence electrons. The molecule has 3 rings (SSSR count). The van der Waals surface area contributed by atoms with Crippen LogP contribution in [0.3, 0.4) is 0 Å². The third-order valence-corrected chi connectivity index (χ3v) is 5.14. The highest BCUT2D eigenvalue weighted by molar-refractivity contribution is 6.31. The van der Waals surface area contributed by atoms with Crippen molar-refractivity contribution in [3.8, 4) is 11.5 Å². The molecule has 0 bridgehead atoms. The molecule has 0 saturated carbocycles. The Morgan fingerprint density at radius 1 is 1.15 bits per heavy atom. The number of hydrogen-bond acceptors (Lipinski definition) is 4. The molecule has 0 saturated heterocycles. The normalized spacial score (nSPS) is 16.9. The Labute approximate surface area is 164 Å². The summed E-state index contributed by atoms with van der Waals surface area (Å²) in [5, 5.41) is 6.84. The van der Waals surface area contributed by atoms with E-state index in [2.05, 4.69) is 6.92 Å². The van der Waals surface area contributed by atoms with Crippen LogP contribution in [0.1, 0.15) is 30.9 Å². The second kappa shape index (κ2) is 8.44. The lowest BCUT2D eigenvalue weighted by molar-refractivity contribution is -0.133. The highest BCUT2D eigenvalue weighted by Gasteiger charge is 2.30. The average Bonchev–Trinajstić information content (AvgIpc) is 2.70. The molecule has 1 amide bonds. The van der Waals surface area contributed by atoms with E-state index in [1.807, 2.05) is 42.5 Å². The van der Waals surface area contributed by atoms with Gasteiger partial charge in [0.25, 0.3) is 0 Å². The molecule has 0 spiro atoms. The van der Waals surface area contributed by atoms with Gasteiger partial charge in [-0.05, 0) is 36.2 Å². The van der Waals surface area contributed by atoms with Gasteiger partial charge in [-0.15, -0.1) is 0 Å². The summed E-state index contributed by atoms with van der Waals surface area (Å²) in [5.74, 6) is 1.38. The van der Waals surface area contributed by atoms with E-state index in [0.717, 1.165) is 23.3 Å². The van der Waals surface area contributed by atoms with Gasteiger partial charge in [0.15, 0.2) is 11.5 Å². The molecule has 0 aromatic heterocycles. The van der Waals surface area contributed by atoms with Gasteiger partial charge in [-0.25, -0.2) is 5.01 Å². The second-order valence-corrected chi connectivity index (χ2v) is 6.81. The Morgan fingerprint density at radius 2 is 1.89 bits per heavy atom. The fourth-order valence-corrected chi connectivity index (χ4v) is 3.41. The maximum absolute atomic E-state index is 12.6. The quantitative estimate of drug-likeness (QED) is 0.733. The lowest BCUT2D eigenvalue weighted by Gasteiger charge is -2.29. The van der Waals surface area contributed by atoms with Crippen molar-refractivity contribution in [3.63, 3.8) is 0 Å². The first-order chi connectivity index (χ1) is 13.1. The van der Waals surface area contributed by atoms with Crippen molar-refractivity contribution in [3.05, 3.63) is 58.6 Å². The molecule has 1 heterocycles. The number of hydrogen-bond donors (Lipinski definition) is 0. The highest BCUT2D eigenvalue weighted by atomic mass is 35.5. The molecule has 2 aromatic rings. The van der Waals surface area contributed by atoms with Gasteiger partial charge in [0.1, 0.15) is 0 Å². The first-order valence-electron chi connectivity index (χ1n) is 8.92. The van der Waals surface area contributed by atoms with Crippen LogP contribution in [-0.2, 0) is 11.3 Å². The van der Waals surface area contributed by atoms with E-state index in [1.165, 1.54) is 5.01 Å². The number of halogens is 1. The predicted octanol–water partition coefficient (Wildman–Crippen LogP) is 4.52. The molecule has 5 nitrogen and oxygen atoms in total. The van der Waals surface area contributed by atoms with E-state index < -0.39 is 0 Å². The second-order valence-electron chi connectivity index (χ2n) is 6.41. The number of methoxy groups -OCH3 is 2. The van der Waals surface area contributed by atoms with Crippen LogP contribution in [-0.4, -0.2) is 30.8 Å². The number of carbonyl (C=O) groups excluding carboxylic acids is 1. The molecule has 0 fully saturated rings. The zero-order valence-electron chi connectivity index (χ0n) is 15.7. The zero-order valence-corrected chi connectivity index (χ0v) is 16.5. The zero-order chi connectivity index (χ0) is 19.4. The van der Waals surface area contributed by atoms with Gasteiger partial charge >= 0.3 is 0 Å². The Hall–Kier alpha value is -2.53. The maximum Gasteiger partial charge on any atom is 0.243 e. The molecule has 0 aliphatic carbocycles. The average molecular weight is 387 g/mol. The topological polar surface area (TPSA) is 51.1 Å². The van der Waals surface area contributed by atoms with E-state index in [4.69, 9.17) is 26.2 Å². The number of benzene rings is 2. The molecule has 1 atom stereocenters. The standard InChI is InChI=1S/C21H23ClN2O3/c1-4-14-12-20(25)24(13-16-7-5-6-8-17(16)22)23-21(14)15-9-10-18(26-2)19(11-15)27-3/h5-11,14H,4,12-13H2,1-3H3. The van der Waals surface area contributed by atoms with Gasteiger partial charge in [-0.1, -0.05) is 36.7 Å². The third kappa shape index (κ3) is 4.08. The smallest absolute Gasteiger partial charge is 0.243 e. The van der Waals surface area contributed by atoms with E-state index in [-0.39, 0.29) is 11.8 Å². The van der Waals surface area contributed by atoms with Gasteiger partial charge in [0.2, 0.25) is 5.91 Å². The van der Waals surface area contributed by atoms with Crippen molar-refractivity contribution in [1.29, 1.82) is 0 Å². The first-order valence-corrected chi connectivity index (χ1v) is 9.29. The van der Waals surface area contributed by atoms with Crippen LogP contribution in [0.5, 0.6) is 11.5 Å². The number of ether oxygens (including phenoxy) is 2. The molecule has 1 aliphatic rings. The maximum atomic E-state index is 12.6. The fourth-order valence-electron chi connectivity index (χ4n) is 3.22. The Morgan fingerprint density at radius 3 is 2.56 bits per heavy atom. The third-order valence-electron chi connectivity index (χ3n) is 4.77. The number of amides is 1. The first kappa shape index (κ1) is 19.2. The summed E-state index contributed by atoms with van der Waals surface area (Å²) in [6.07, 6.45) is 1.26. The van der Waals surface area contributed by atoms with Gasteiger partial charge < -0.3 is 9.47 Å². The molecule has 0 N–H and O–H groups in total. The summed E-state index contributed by atoms with van der Waals surface area (Å²) in [6.45, 7) is 2.42. The van der Waals surface area contributed by atoms with Crippen molar-refractivity contribution < 1.29 is 14.3 Å². The van der Waals surface area contributed by atoms with Crippen LogP contribution < -0.4 is 9.47 Å². The van der Waals surface area contributed by atoms with Crippen molar-refractivity contribution in [1.82, 2.24) is 5.01 Å². The van der Waals surface area contributed by atoms with Crippen LogP contribution in [0, 0.1) is 5.92 Å². The molecule has 6 heteroatoms. The van der Waals surface area contributed by atoms with E-state index in [1.54, 1.807) is 14.2 Å². The Kier molecular flexibility index (Phi) is 6.01. The number of nitrogens with zero attached hydrogens (tertiary/aromatic N) is 2. The highest BCUT2D eigenvalue weighted by Crippen LogP contribution is 2.32. The molecule has 2 aromatic carbocycles. The summed E-state index contributed by atoms with van der Waals surface area (Å²) >= 11 is 6.26. The minimum absolute atomic E-state index is 0.00555. The lowest BCUT2D eigenvalue weighted by atomic mass is 9.89. The molecular weight excluding hydrogens is 364 g/mol. The van der Waals surface area contributed by atoms with E-state index in [0.29, 0.717) is 29.5 Å². The fraction of sp³-hybridized carbons (Fsp3) is 0.333. The summed E-state index contributed by atoms with van der Waals surface area (Å²) < 4.78 is 10.7. The monoisotopic (exact) mass is 386 g/mol. The van der Waals surface area contributed by atoms with Crippen molar-refractivity contribution in [2.75, 3.05) is 14.2 Å². The minimum Gasteiger partial charge on any atom is -0.493 e. The van der Waals surface area contributed by atoms with Crippen LogP contribution in [0.4, 0.5) is 0 Å². The van der Waals surface area contributed by atoms with Crippen molar-refractivity contribution >= 4 is 23.2 Å². The summed E-state index contributed by atoms with van der Waals surface area (Å²) in [6, 6.07) is 13.2. The van der Waals surface area contributed by atoms with Crippen LogP contribution >= 0.6 is 11.6 Å². The lowest BCUT2D eigenvalue weighted by Crippen LogP contribution is -2.36. The van der Waals surface area contributed by atoms with Crippen molar-refractivity contribution in [2.24, 2.45) is 11.0 Å². The Bertz CT molecular complexity index is 866. The number of hydrazone groups is 1. The summed E-state index contributed by atoms with van der Waals surface area (Å²) in [5.41, 5.74) is 2.68. The number of rotatable bonds is 6. The summed E-state index contributed by atoms with van der Waals surface area (Å²) in [7, 11) is 3.21. The molecule has 1 aliphatic heterocycles. The van der Waals surface area contributed by atoms with Crippen LogP contribution in [0.25, 0.3) is 0 Å². The van der Waals surface area contributed by atoms with E-state index >= 15 is 0 Å².